The number of hydrogen-bond acceptors (Lipinski definition) is 6. The summed E-state index contributed by atoms with van der Waals surface area (Å²) in [5.41, 5.74) is 4.70. The molecule has 0 radical (unpaired) electrons. The number of hydrogen-bond donors (Lipinski definition) is 0. The monoisotopic (exact) mass is 354 g/mol. The van der Waals surface area contributed by atoms with Crippen molar-refractivity contribution < 1.29 is 27.2 Å². The highest BCUT2D eigenvalue weighted by Gasteiger charge is 2.26. The molecule has 0 saturated carbocycles. The van der Waals surface area contributed by atoms with Crippen molar-refractivity contribution in [3.05, 3.63) is 0 Å². The molecule has 0 aromatic rings. The van der Waals surface area contributed by atoms with Crippen molar-refractivity contribution in [2.24, 2.45) is 11.8 Å². The highest BCUT2D eigenvalue weighted by molar-refractivity contribution is 7.63. The van der Waals surface area contributed by atoms with Gasteiger partial charge in [-0.1, -0.05) is 27.7 Å². The van der Waals surface area contributed by atoms with Crippen LogP contribution in [0.1, 0.15) is 41.5 Å². The quantitative estimate of drug-likeness (QED) is 0.418. The lowest BCUT2D eigenvalue weighted by atomic mass is 10.2. The fourth-order valence-electron chi connectivity index (χ4n) is 1.16. The molecule has 0 aliphatic rings. The summed E-state index contributed by atoms with van der Waals surface area (Å²) < 4.78 is 45.6. The van der Waals surface area contributed by atoms with Gasteiger partial charge >= 0.3 is 15.2 Å². The first kappa shape index (κ1) is 21.9. The molecule has 0 aliphatic heterocycles. The van der Waals surface area contributed by atoms with Crippen molar-refractivity contribution in [2.45, 2.75) is 41.5 Å². The molecular formula is C14H28O6P2. The van der Waals surface area contributed by atoms with E-state index in [2.05, 4.69) is 11.3 Å². The first-order valence-corrected chi connectivity index (χ1v) is 10.6. The van der Waals surface area contributed by atoms with Crippen molar-refractivity contribution in [3.8, 4) is 11.3 Å². The summed E-state index contributed by atoms with van der Waals surface area (Å²) in [5, 5.41) is 0. The zero-order valence-corrected chi connectivity index (χ0v) is 16.1. The predicted molar refractivity (Wildman–Crippen MR) is 87.8 cm³/mol. The summed E-state index contributed by atoms with van der Waals surface area (Å²) >= 11 is 0. The van der Waals surface area contributed by atoms with Crippen molar-refractivity contribution in [1.82, 2.24) is 0 Å². The molecule has 22 heavy (non-hydrogen) atoms. The van der Waals surface area contributed by atoms with E-state index in [1.807, 2.05) is 27.7 Å². The van der Waals surface area contributed by atoms with Crippen LogP contribution in [0.15, 0.2) is 0 Å². The van der Waals surface area contributed by atoms with Gasteiger partial charge in [0, 0.05) is 11.3 Å². The van der Waals surface area contributed by atoms with E-state index in [0.29, 0.717) is 0 Å². The molecule has 0 saturated heterocycles. The minimum atomic E-state index is -3.66. The largest absolute Gasteiger partial charge is 0.406 e. The molecule has 0 spiro atoms. The van der Waals surface area contributed by atoms with E-state index >= 15 is 0 Å². The van der Waals surface area contributed by atoms with Gasteiger partial charge in [-0.3, -0.25) is 18.1 Å². The van der Waals surface area contributed by atoms with E-state index in [1.165, 1.54) is 0 Å². The lowest BCUT2D eigenvalue weighted by Gasteiger charge is -2.16. The summed E-state index contributed by atoms with van der Waals surface area (Å²) in [4.78, 5) is 0. The van der Waals surface area contributed by atoms with Crippen LogP contribution in [-0.2, 0) is 27.2 Å². The van der Waals surface area contributed by atoms with Crippen molar-refractivity contribution in [2.75, 3.05) is 26.4 Å². The number of rotatable bonds is 10. The maximum atomic E-state index is 12.6. The Morgan fingerprint density at radius 1 is 0.727 bits per heavy atom. The van der Waals surface area contributed by atoms with E-state index in [-0.39, 0.29) is 38.3 Å². The van der Waals surface area contributed by atoms with Crippen LogP contribution in [0.3, 0.4) is 0 Å². The SMILES string of the molecule is CCOP(=O)(C#CP(=O)(OCC(C)C)OCC(C)C)OCC. The van der Waals surface area contributed by atoms with Gasteiger partial charge in [-0.2, -0.15) is 0 Å². The molecular weight excluding hydrogens is 326 g/mol. The maximum absolute atomic E-state index is 12.6. The molecule has 0 amide bonds. The first-order chi connectivity index (χ1) is 10.2. The van der Waals surface area contributed by atoms with Gasteiger partial charge in [0.25, 0.3) is 0 Å². The van der Waals surface area contributed by atoms with Gasteiger partial charge in [-0.15, -0.1) is 0 Å². The second-order valence-electron chi connectivity index (χ2n) is 5.43. The van der Waals surface area contributed by atoms with Crippen LogP contribution in [0.5, 0.6) is 0 Å². The Labute approximate surface area is 134 Å². The molecule has 0 aromatic carbocycles. The van der Waals surface area contributed by atoms with Crippen LogP contribution in [-0.4, -0.2) is 26.4 Å². The van der Waals surface area contributed by atoms with E-state index in [0.717, 1.165) is 0 Å². The molecule has 0 unspecified atom stereocenters. The molecule has 0 N–H and O–H groups in total. The predicted octanol–water partition coefficient (Wildman–Crippen LogP) is 4.71. The molecule has 0 rings (SSSR count). The van der Waals surface area contributed by atoms with Crippen LogP contribution in [0.25, 0.3) is 0 Å². The Bertz CT molecular complexity index is 438. The van der Waals surface area contributed by atoms with Crippen molar-refractivity contribution >= 4 is 15.2 Å². The molecule has 0 bridgehead atoms. The summed E-state index contributed by atoms with van der Waals surface area (Å²) in [6.45, 7) is 11.9. The van der Waals surface area contributed by atoms with Crippen LogP contribution in [0.4, 0.5) is 0 Å². The molecule has 0 atom stereocenters. The Balaban J connectivity index is 5.21. The summed E-state index contributed by atoms with van der Waals surface area (Å²) in [6.07, 6.45) is 0. The topological polar surface area (TPSA) is 71.1 Å². The highest BCUT2D eigenvalue weighted by Crippen LogP contribution is 2.52. The van der Waals surface area contributed by atoms with Gasteiger partial charge in [0.15, 0.2) is 0 Å². The van der Waals surface area contributed by atoms with Gasteiger partial charge < -0.3 is 0 Å². The molecule has 130 valence electrons. The Kier molecular flexibility index (Phi) is 10.5. The third-order valence-corrected chi connectivity index (χ3v) is 5.20. The second-order valence-corrected chi connectivity index (χ2v) is 8.90. The normalized spacial score (nSPS) is 12.5. The fraction of sp³-hybridized carbons (Fsp3) is 0.857. The molecule has 0 aliphatic carbocycles. The first-order valence-electron chi connectivity index (χ1n) is 7.49. The lowest BCUT2D eigenvalue weighted by molar-refractivity contribution is 0.181. The Morgan fingerprint density at radius 3 is 1.32 bits per heavy atom. The molecule has 0 heterocycles. The van der Waals surface area contributed by atoms with Gasteiger partial charge in [0.1, 0.15) is 0 Å². The molecule has 6 nitrogen and oxygen atoms in total. The fourth-order valence-corrected chi connectivity index (χ4v) is 4.22. The van der Waals surface area contributed by atoms with Crippen molar-refractivity contribution in [3.63, 3.8) is 0 Å². The summed E-state index contributed by atoms with van der Waals surface area (Å²) in [5.74, 6) is 0.340. The lowest BCUT2D eigenvalue weighted by Crippen LogP contribution is -2.05. The molecule has 8 heteroatoms. The maximum Gasteiger partial charge on any atom is 0.406 e. The van der Waals surface area contributed by atoms with E-state index in [4.69, 9.17) is 18.1 Å². The van der Waals surface area contributed by atoms with E-state index in [9.17, 15) is 9.13 Å². The molecule has 0 aromatic heterocycles. The Hall–Kier alpha value is -0.140. The van der Waals surface area contributed by atoms with Crippen LogP contribution < -0.4 is 0 Å². The van der Waals surface area contributed by atoms with Gasteiger partial charge in [0.2, 0.25) is 0 Å². The van der Waals surface area contributed by atoms with Gasteiger partial charge in [-0.25, -0.2) is 9.13 Å². The molecule has 0 fully saturated rings. The average molecular weight is 354 g/mol. The van der Waals surface area contributed by atoms with Crippen LogP contribution in [0.2, 0.25) is 0 Å². The third-order valence-electron chi connectivity index (χ3n) is 2.08. The zero-order chi connectivity index (χ0) is 17.2. The summed E-state index contributed by atoms with van der Waals surface area (Å²) in [7, 11) is -7.27. The standard InChI is InChI=1S/C14H28O6P2/c1-7-17-21(15,18-8-2)9-10-22(16,19-11-13(3)4)20-12-14(5)6/h13-14H,7-8,11-12H2,1-6H3. The van der Waals surface area contributed by atoms with Gasteiger partial charge in [-0.05, 0) is 25.7 Å². The third kappa shape index (κ3) is 9.79. The smallest absolute Gasteiger partial charge is 0.300 e. The van der Waals surface area contributed by atoms with E-state index < -0.39 is 15.2 Å². The summed E-state index contributed by atoms with van der Waals surface area (Å²) in [6, 6.07) is 0. The van der Waals surface area contributed by atoms with E-state index in [1.54, 1.807) is 13.8 Å². The zero-order valence-electron chi connectivity index (χ0n) is 14.3. The van der Waals surface area contributed by atoms with Crippen LogP contribution in [0, 0.1) is 23.2 Å². The second kappa shape index (κ2) is 10.6. The van der Waals surface area contributed by atoms with Crippen molar-refractivity contribution in [1.29, 1.82) is 0 Å². The van der Waals surface area contributed by atoms with Crippen LogP contribution >= 0.6 is 15.2 Å². The van der Waals surface area contributed by atoms with Gasteiger partial charge in [0.05, 0.1) is 26.4 Å². The Morgan fingerprint density at radius 2 is 1.05 bits per heavy atom. The minimum Gasteiger partial charge on any atom is -0.300 e. The average Bonchev–Trinajstić information content (AvgIpc) is 2.42. The highest BCUT2D eigenvalue weighted by atomic mass is 31.2. The minimum absolute atomic E-state index is 0.170.